The predicted octanol–water partition coefficient (Wildman–Crippen LogP) is 12.9. The molecular weight excluding hydrogens is 627 g/mol. The summed E-state index contributed by atoms with van der Waals surface area (Å²) in [7, 11) is 0. The number of anilines is 3. The third-order valence-corrected chi connectivity index (χ3v) is 10.7. The van der Waals surface area contributed by atoms with Gasteiger partial charge < -0.3 is 4.90 Å². The molecule has 0 radical (unpaired) electrons. The summed E-state index contributed by atoms with van der Waals surface area (Å²) in [6, 6.07) is 62.7. The third kappa shape index (κ3) is 4.92. The number of benzene rings is 8. The molecule has 1 aromatic heterocycles. The minimum Gasteiger partial charge on any atom is -0.308 e. The van der Waals surface area contributed by atoms with Crippen LogP contribution in [0.3, 0.4) is 0 Å². The molecule has 8 aromatic carbocycles. The lowest BCUT2D eigenvalue weighted by Gasteiger charge is -2.33. The van der Waals surface area contributed by atoms with E-state index in [-0.39, 0.29) is 0 Å². The zero-order valence-corrected chi connectivity index (χ0v) is 27.8. The zero-order chi connectivity index (χ0) is 33.0. The first-order valence-electron chi connectivity index (χ1n) is 16.8. The molecular formula is C46H29N3S. The van der Waals surface area contributed by atoms with E-state index in [4.69, 9.17) is 9.97 Å². The maximum Gasteiger partial charge on any atom is 0.160 e. The SMILES string of the molecule is c1ccc2c(c1)Sc1cc(-c3nc(-c4ccc(-c5ccc6ccccc6c5)cc4)c4ccccc4n3)ccc1N2c1ccc2ccccc2c1. The highest BCUT2D eigenvalue weighted by molar-refractivity contribution is 7.99. The smallest absolute Gasteiger partial charge is 0.160 e. The van der Waals surface area contributed by atoms with Crippen LogP contribution in [0.1, 0.15) is 0 Å². The van der Waals surface area contributed by atoms with Gasteiger partial charge in [-0.05, 0) is 87.3 Å². The van der Waals surface area contributed by atoms with Gasteiger partial charge in [-0.25, -0.2) is 9.97 Å². The molecule has 10 rings (SSSR count). The summed E-state index contributed by atoms with van der Waals surface area (Å²) >= 11 is 1.80. The molecule has 1 aliphatic rings. The highest BCUT2D eigenvalue weighted by atomic mass is 32.2. The van der Waals surface area contributed by atoms with Gasteiger partial charge in [-0.2, -0.15) is 0 Å². The monoisotopic (exact) mass is 655 g/mol. The standard InChI is InChI=1S/C46H29N3S/c1-3-11-34-27-36(22-19-30(34)9-1)32-17-20-33(21-18-32)45-39-13-5-6-14-40(39)47-46(48-45)37-24-26-42-44(29-37)50-43-16-8-7-15-41(43)49(42)38-25-23-31-10-2-4-12-35(31)28-38/h1-29H. The number of fused-ring (bicyclic) bond motifs is 5. The van der Waals surface area contributed by atoms with Crippen molar-refractivity contribution in [3.63, 3.8) is 0 Å². The quantitative estimate of drug-likeness (QED) is 0.189. The minimum atomic E-state index is 0.719. The van der Waals surface area contributed by atoms with Crippen LogP contribution in [0, 0.1) is 0 Å². The van der Waals surface area contributed by atoms with Crippen LogP contribution in [0.15, 0.2) is 186 Å². The number of nitrogens with zero attached hydrogens (tertiary/aromatic N) is 3. The predicted molar refractivity (Wildman–Crippen MR) is 210 cm³/mol. The van der Waals surface area contributed by atoms with E-state index in [0.717, 1.165) is 44.9 Å². The lowest BCUT2D eigenvalue weighted by Crippen LogP contribution is -2.14. The van der Waals surface area contributed by atoms with Crippen molar-refractivity contribution >= 4 is 61.3 Å². The molecule has 0 saturated heterocycles. The Morgan fingerprint density at radius 3 is 1.86 bits per heavy atom. The Morgan fingerprint density at radius 1 is 0.400 bits per heavy atom. The van der Waals surface area contributed by atoms with E-state index in [9.17, 15) is 0 Å². The summed E-state index contributed by atoms with van der Waals surface area (Å²) in [5, 5.41) is 5.99. The van der Waals surface area contributed by atoms with Crippen molar-refractivity contribution in [2.75, 3.05) is 4.90 Å². The number of para-hydroxylation sites is 2. The van der Waals surface area contributed by atoms with Gasteiger partial charge in [0.05, 0.1) is 22.6 Å². The highest BCUT2D eigenvalue weighted by Gasteiger charge is 2.26. The number of hydrogen-bond donors (Lipinski definition) is 0. The van der Waals surface area contributed by atoms with Crippen molar-refractivity contribution < 1.29 is 0 Å². The first-order valence-corrected chi connectivity index (χ1v) is 17.6. The molecule has 0 fully saturated rings. The van der Waals surface area contributed by atoms with Crippen LogP contribution in [0.5, 0.6) is 0 Å². The van der Waals surface area contributed by atoms with Crippen molar-refractivity contribution in [1.82, 2.24) is 9.97 Å². The largest absolute Gasteiger partial charge is 0.308 e. The Balaban J connectivity index is 1.06. The van der Waals surface area contributed by atoms with Gasteiger partial charge in [-0.3, -0.25) is 0 Å². The van der Waals surface area contributed by atoms with Crippen molar-refractivity contribution in [2.24, 2.45) is 0 Å². The van der Waals surface area contributed by atoms with Crippen LogP contribution < -0.4 is 4.90 Å². The molecule has 4 heteroatoms. The van der Waals surface area contributed by atoms with E-state index < -0.39 is 0 Å². The Bertz CT molecular complexity index is 2750. The first kappa shape index (κ1) is 28.8. The molecule has 0 aliphatic carbocycles. The Kier molecular flexibility index (Phi) is 6.74. The second kappa shape index (κ2) is 11.7. The normalized spacial score (nSPS) is 12.3. The molecule has 0 bridgehead atoms. The van der Waals surface area contributed by atoms with Crippen LogP contribution in [0.2, 0.25) is 0 Å². The summed E-state index contributed by atoms with van der Waals surface area (Å²) in [4.78, 5) is 15.1. The lowest BCUT2D eigenvalue weighted by molar-refractivity contribution is 1.16. The highest BCUT2D eigenvalue weighted by Crippen LogP contribution is 2.52. The third-order valence-electron chi connectivity index (χ3n) is 9.62. The van der Waals surface area contributed by atoms with Crippen LogP contribution in [-0.4, -0.2) is 9.97 Å². The molecule has 0 amide bonds. The molecule has 234 valence electrons. The molecule has 2 heterocycles. The minimum absolute atomic E-state index is 0.719. The Morgan fingerprint density at radius 2 is 1.02 bits per heavy atom. The van der Waals surface area contributed by atoms with E-state index in [1.807, 2.05) is 6.07 Å². The molecule has 9 aromatic rings. The average Bonchev–Trinajstić information content (AvgIpc) is 3.19. The van der Waals surface area contributed by atoms with Crippen LogP contribution >= 0.6 is 11.8 Å². The molecule has 0 N–H and O–H groups in total. The van der Waals surface area contributed by atoms with Gasteiger partial charge in [0.2, 0.25) is 0 Å². The van der Waals surface area contributed by atoms with Gasteiger partial charge in [0.15, 0.2) is 5.82 Å². The summed E-state index contributed by atoms with van der Waals surface area (Å²) in [5.41, 5.74) is 9.79. The van der Waals surface area contributed by atoms with Crippen molar-refractivity contribution in [2.45, 2.75) is 9.79 Å². The van der Waals surface area contributed by atoms with Gasteiger partial charge in [0.1, 0.15) is 0 Å². The van der Waals surface area contributed by atoms with Gasteiger partial charge in [0.25, 0.3) is 0 Å². The first-order chi connectivity index (χ1) is 24.7. The molecule has 0 unspecified atom stereocenters. The summed E-state index contributed by atoms with van der Waals surface area (Å²) in [6.07, 6.45) is 0. The molecule has 3 nitrogen and oxygen atoms in total. The van der Waals surface area contributed by atoms with E-state index in [1.54, 1.807) is 11.8 Å². The summed E-state index contributed by atoms with van der Waals surface area (Å²) < 4.78 is 0. The van der Waals surface area contributed by atoms with Crippen LogP contribution in [-0.2, 0) is 0 Å². The van der Waals surface area contributed by atoms with Gasteiger partial charge in [-0.15, -0.1) is 0 Å². The number of aromatic nitrogens is 2. The Labute approximate surface area is 294 Å². The van der Waals surface area contributed by atoms with Gasteiger partial charge in [0, 0.05) is 32.0 Å². The fourth-order valence-corrected chi connectivity index (χ4v) is 8.20. The second-order valence-corrected chi connectivity index (χ2v) is 13.8. The van der Waals surface area contributed by atoms with Crippen LogP contribution in [0.25, 0.3) is 66.2 Å². The zero-order valence-electron chi connectivity index (χ0n) is 27.0. The molecule has 0 saturated carbocycles. The van der Waals surface area contributed by atoms with E-state index in [2.05, 4.69) is 175 Å². The van der Waals surface area contributed by atoms with Crippen LogP contribution in [0.4, 0.5) is 17.1 Å². The molecule has 50 heavy (non-hydrogen) atoms. The Hall–Kier alpha value is -6.23. The molecule has 0 atom stereocenters. The van der Waals surface area contributed by atoms with Gasteiger partial charge >= 0.3 is 0 Å². The summed E-state index contributed by atoms with van der Waals surface area (Å²) in [5.74, 6) is 0.719. The number of hydrogen-bond acceptors (Lipinski definition) is 4. The van der Waals surface area contributed by atoms with E-state index >= 15 is 0 Å². The molecule has 1 aliphatic heterocycles. The topological polar surface area (TPSA) is 29.0 Å². The fraction of sp³-hybridized carbons (Fsp3) is 0. The lowest BCUT2D eigenvalue weighted by atomic mass is 9.98. The van der Waals surface area contributed by atoms with Gasteiger partial charge in [-0.1, -0.05) is 133 Å². The summed E-state index contributed by atoms with van der Waals surface area (Å²) in [6.45, 7) is 0. The maximum atomic E-state index is 5.26. The molecule has 0 spiro atoms. The fourth-order valence-electron chi connectivity index (χ4n) is 7.11. The second-order valence-electron chi connectivity index (χ2n) is 12.7. The van der Waals surface area contributed by atoms with Crippen molar-refractivity contribution in [1.29, 1.82) is 0 Å². The van der Waals surface area contributed by atoms with Crippen molar-refractivity contribution in [3.05, 3.63) is 176 Å². The van der Waals surface area contributed by atoms with E-state index in [0.29, 0.717) is 0 Å². The van der Waals surface area contributed by atoms with Crippen molar-refractivity contribution in [3.8, 4) is 33.8 Å². The number of rotatable bonds is 4. The maximum absolute atomic E-state index is 5.26. The van der Waals surface area contributed by atoms with E-state index in [1.165, 1.54) is 48.2 Å². The average molecular weight is 656 g/mol.